The molecule has 0 radical (unpaired) electrons. The van der Waals surface area contributed by atoms with Crippen molar-refractivity contribution in [2.24, 2.45) is 0 Å². The van der Waals surface area contributed by atoms with E-state index in [1.807, 2.05) is 0 Å². The number of hydrogen-bond donors (Lipinski definition) is 0. The van der Waals surface area contributed by atoms with Crippen LogP contribution in [-0.4, -0.2) is 47.1 Å². The van der Waals surface area contributed by atoms with Crippen LogP contribution in [0.15, 0.2) is 11.6 Å². The highest BCUT2D eigenvalue weighted by atomic mass is 28.4. The lowest BCUT2D eigenvalue weighted by molar-refractivity contribution is -0.101. The molecule has 1 aliphatic rings. The summed E-state index contributed by atoms with van der Waals surface area (Å²) in [5, 5.41) is 0.210. The highest BCUT2D eigenvalue weighted by molar-refractivity contribution is 6.74. The van der Waals surface area contributed by atoms with E-state index in [4.69, 9.17) is 18.6 Å². The topological polar surface area (TPSA) is 36.9 Å². The summed E-state index contributed by atoms with van der Waals surface area (Å²) in [5.41, 5.74) is 0.841. The maximum Gasteiger partial charge on any atom is 0.192 e. The smallest absolute Gasteiger partial charge is 0.192 e. The van der Waals surface area contributed by atoms with Crippen LogP contribution in [0, 0.1) is 0 Å². The molecule has 1 heterocycles. The summed E-state index contributed by atoms with van der Waals surface area (Å²) in [6.45, 7) is 16.9. The van der Waals surface area contributed by atoms with E-state index in [9.17, 15) is 0 Å². The van der Waals surface area contributed by atoms with Crippen LogP contribution in [0.1, 0.15) is 34.6 Å². The van der Waals surface area contributed by atoms with Crippen molar-refractivity contribution < 1.29 is 18.6 Å². The van der Waals surface area contributed by atoms with E-state index in [1.54, 1.807) is 7.11 Å². The summed E-state index contributed by atoms with van der Waals surface area (Å²) >= 11 is 0. The van der Waals surface area contributed by atoms with Crippen LogP contribution in [0.5, 0.6) is 0 Å². The maximum atomic E-state index is 6.31. The first-order valence-corrected chi connectivity index (χ1v) is 10.5. The fourth-order valence-corrected chi connectivity index (χ4v) is 3.13. The standard InChI is InChI=1S/C16H32O4Si/c1-13-9-16(5,20-14(13)10-18-12-17-6)11-19-21(7,8)15(2,3)4/h9,14H,10-12H2,1-8H3. The van der Waals surface area contributed by atoms with Gasteiger partial charge in [-0.2, -0.15) is 0 Å². The van der Waals surface area contributed by atoms with E-state index in [1.165, 1.54) is 5.57 Å². The van der Waals surface area contributed by atoms with Gasteiger partial charge in [0.05, 0.1) is 13.2 Å². The Balaban J connectivity index is 2.57. The Hall–Kier alpha value is -0.203. The normalized spacial score (nSPS) is 27.0. The van der Waals surface area contributed by atoms with Crippen LogP contribution in [0.2, 0.25) is 18.1 Å². The van der Waals surface area contributed by atoms with Gasteiger partial charge in [0.2, 0.25) is 0 Å². The molecule has 5 heteroatoms. The molecule has 1 aliphatic heterocycles. The van der Waals surface area contributed by atoms with Crippen LogP contribution in [0.4, 0.5) is 0 Å². The van der Waals surface area contributed by atoms with Gasteiger partial charge in [0.15, 0.2) is 8.32 Å². The number of hydrogen-bond acceptors (Lipinski definition) is 4. The Morgan fingerprint density at radius 3 is 2.48 bits per heavy atom. The van der Waals surface area contributed by atoms with Gasteiger partial charge < -0.3 is 18.6 Å². The maximum absolute atomic E-state index is 6.31. The SMILES string of the molecule is COCOCC1OC(C)(CO[Si](C)(C)C(C)(C)C)C=C1C. The Labute approximate surface area is 130 Å². The molecule has 4 nitrogen and oxygen atoms in total. The number of methoxy groups -OCH3 is 1. The molecule has 0 aromatic carbocycles. The monoisotopic (exact) mass is 316 g/mol. The first-order chi connectivity index (χ1) is 9.51. The van der Waals surface area contributed by atoms with Crippen molar-refractivity contribution in [3.05, 3.63) is 11.6 Å². The van der Waals surface area contributed by atoms with Gasteiger partial charge in [-0.15, -0.1) is 0 Å². The van der Waals surface area contributed by atoms with Crippen molar-refractivity contribution in [3.63, 3.8) is 0 Å². The van der Waals surface area contributed by atoms with E-state index >= 15 is 0 Å². The summed E-state index contributed by atoms with van der Waals surface area (Å²) < 4.78 is 22.8. The quantitative estimate of drug-likeness (QED) is 0.310. The van der Waals surface area contributed by atoms with Gasteiger partial charge in [-0.3, -0.25) is 0 Å². The molecule has 0 saturated heterocycles. The van der Waals surface area contributed by atoms with Gasteiger partial charge >= 0.3 is 0 Å². The van der Waals surface area contributed by atoms with Crippen molar-refractivity contribution in [1.29, 1.82) is 0 Å². The molecule has 0 N–H and O–H groups in total. The molecule has 21 heavy (non-hydrogen) atoms. The fourth-order valence-electron chi connectivity index (χ4n) is 2.05. The van der Waals surface area contributed by atoms with Crippen molar-refractivity contribution in [1.82, 2.24) is 0 Å². The van der Waals surface area contributed by atoms with E-state index in [-0.39, 0.29) is 16.7 Å². The first kappa shape index (κ1) is 18.8. The Morgan fingerprint density at radius 1 is 1.33 bits per heavy atom. The van der Waals surface area contributed by atoms with Gasteiger partial charge in [0, 0.05) is 7.11 Å². The molecule has 0 aromatic rings. The van der Waals surface area contributed by atoms with Crippen molar-refractivity contribution >= 4 is 8.32 Å². The van der Waals surface area contributed by atoms with Gasteiger partial charge in [-0.1, -0.05) is 20.8 Å². The Bertz CT molecular complexity index is 373. The van der Waals surface area contributed by atoms with E-state index in [2.05, 4.69) is 53.8 Å². The molecular weight excluding hydrogens is 284 g/mol. The minimum Gasteiger partial charge on any atom is -0.414 e. The molecule has 0 bridgehead atoms. The molecule has 0 amide bonds. The lowest BCUT2D eigenvalue weighted by atomic mass is 10.1. The third-order valence-electron chi connectivity index (χ3n) is 4.45. The highest BCUT2D eigenvalue weighted by Crippen LogP contribution is 2.38. The Kier molecular flexibility index (Phi) is 6.21. The second-order valence-electron chi connectivity index (χ2n) is 7.63. The fraction of sp³-hybridized carbons (Fsp3) is 0.875. The molecule has 1 rings (SSSR count). The molecule has 0 aromatic heterocycles. The van der Waals surface area contributed by atoms with Crippen LogP contribution >= 0.6 is 0 Å². The molecule has 124 valence electrons. The van der Waals surface area contributed by atoms with Crippen LogP contribution in [-0.2, 0) is 18.6 Å². The molecular formula is C16H32O4Si. The Morgan fingerprint density at radius 2 is 1.95 bits per heavy atom. The zero-order valence-corrected chi connectivity index (χ0v) is 15.9. The third-order valence-corrected chi connectivity index (χ3v) is 8.93. The molecule has 0 fully saturated rings. The predicted molar refractivity (Wildman–Crippen MR) is 88.0 cm³/mol. The average molecular weight is 317 g/mol. The molecule has 0 spiro atoms. The third kappa shape index (κ3) is 5.18. The van der Waals surface area contributed by atoms with Crippen molar-refractivity contribution in [3.8, 4) is 0 Å². The summed E-state index contributed by atoms with van der Waals surface area (Å²) in [6, 6.07) is 0. The summed E-state index contributed by atoms with van der Waals surface area (Å²) in [6.07, 6.45) is 2.16. The number of rotatable bonds is 7. The van der Waals surface area contributed by atoms with Crippen LogP contribution in [0.3, 0.4) is 0 Å². The van der Waals surface area contributed by atoms with Crippen LogP contribution < -0.4 is 0 Å². The van der Waals surface area contributed by atoms with Crippen molar-refractivity contribution in [2.45, 2.75) is 64.5 Å². The summed E-state index contributed by atoms with van der Waals surface area (Å²) in [5.74, 6) is 0. The molecule has 0 saturated carbocycles. The second kappa shape index (κ2) is 6.92. The first-order valence-electron chi connectivity index (χ1n) is 7.58. The zero-order valence-electron chi connectivity index (χ0n) is 14.9. The lowest BCUT2D eigenvalue weighted by Gasteiger charge is -2.38. The van der Waals surface area contributed by atoms with Gasteiger partial charge in [0.1, 0.15) is 18.5 Å². The summed E-state index contributed by atoms with van der Waals surface area (Å²) in [4.78, 5) is 0. The van der Waals surface area contributed by atoms with Gasteiger partial charge in [-0.25, -0.2) is 0 Å². The van der Waals surface area contributed by atoms with Gasteiger partial charge in [0.25, 0.3) is 0 Å². The molecule has 2 unspecified atom stereocenters. The predicted octanol–water partition coefficient (Wildman–Crippen LogP) is 3.73. The molecule has 2 atom stereocenters. The average Bonchev–Trinajstić information content (AvgIpc) is 2.62. The van der Waals surface area contributed by atoms with E-state index in [0.717, 1.165) is 0 Å². The molecule has 0 aliphatic carbocycles. The zero-order chi connectivity index (χ0) is 16.3. The van der Waals surface area contributed by atoms with Crippen LogP contribution in [0.25, 0.3) is 0 Å². The number of ether oxygens (including phenoxy) is 3. The minimum absolute atomic E-state index is 0.00633. The lowest BCUT2D eigenvalue weighted by Crippen LogP contribution is -2.45. The largest absolute Gasteiger partial charge is 0.414 e. The van der Waals surface area contributed by atoms with Gasteiger partial charge in [-0.05, 0) is 43.6 Å². The minimum atomic E-state index is -1.76. The second-order valence-corrected chi connectivity index (χ2v) is 12.4. The summed E-state index contributed by atoms with van der Waals surface area (Å²) in [7, 11) is -0.135. The highest BCUT2D eigenvalue weighted by Gasteiger charge is 2.41. The van der Waals surface area contributed by atoms with E-state index in [0.29, 0.717) is 20.0 Å². The van der Waals surface area contributed by atoms with Crippen molar-refractivity contribution in [2.75, 3.05) is 27.1 Å². The van der Waals surface area contributed by atoms with E-state index < -0.39 is 8.32 Å².